The Morgan fingerprint density at radius 3 is 3.00 bits per heavy atom. The summed E-state index contributed by atoms with van der Waals surface area (Å²) in [5, 5.41) is 12.7. The number of hydrogen-bond acceptors (Lipinski definition) is 6. The average Bonchev–Trinajstić information content (AvgIpc) is 3.03. The van der Waals surface area contributed by atoms with Gasteiger partial charge in [-0.15, -0.1) is 10.2 Å². The topological polar surface area (TPSA) is 58.8 Å². The SMILES string of the molecule is Cc1cc(N2CCCC(CN3CCOCC3)C2)c2nncn2n1. The molecule has 7 heteroatoms. The molecule has 4 rings (SSSR count). The van der Waals surface area contributed by atoms with Crippen LogP contribution in [0.4, 0.5) is 5.69 Å². The van der Waals surface area contributed by atoms with Crippen LogP contribution in [0.2, 0.25) is 0 Å². The summed E-state index contributed by atoms with van der Waals surface area (Å²) in [5.74, 6) is 0.707. The molecular formula is C16H24N6O. The van der Waals surface area contributed by atoms with Gasteiger partial charge in [-0.3, -0.25) is 4.90 Å². The summed E-state index contributed by atoms with van der Waals surface area (Å²) in [6.07, 6.45) is 4.22. The van der Waals surface area contributed by atoms with E-state index in [2.05, 4.69) is 31.2 Å². The third kappa shape index (κ3) is 3.16. The minimum atomic E-state index is 0.707. The van der Waals surface area contributed by atoms with Crippen molar-refractivity contribution in [1.82, 2.24) is 24.7 Å². The van der Waals surface area contributed by atoms with Crippen LogP contribution in [0.25, 0.3) is 5.65 Å². The summed E-state index contributed by atoms with van der Waals surface area (Å²) in [6, 6.07) is 2.14. The number of fused-ring (bicyclic) bond motifs is 1. The number of ether oxygens (including phenoxy) is 1. The minimum absolute atomic E-state index is 0.707. The third-order valence-electron chi connectivity index (χ3n) is 4.85. The Kier molecular flexibility index (Phi) is 4.13. The molecule has 0 N–H and O–H groups in total. The second-order valence-electron chi connectivity index (χ2n) is 6.64. The van der Waals surface area contributed by atoms with E-state index in [1.54, 1.807) is 10.8 Å². The first-order chi connectivity index (χ1) is 11.3. The van der Waals surface area contributed by atoms with Crippen molar-refractivity contribution in [2.45, 2.75) is 19.8 Å². The lowest BCUT2D eigenvalue weighted by atomic mass is 9.96. The maximum absolute atomic E-state index is 5.45. The molecule has 0 aliphatic carbocycles. The van der Waals surface area contributed by atoms with Crippen LogP contribution >= 0.6 is 0 Å². The first-order valence-corrected chi connectivity index (χ1v) is 8.52. The van der Waals surface area contributed by atoms with Gasteiger partial charge < -0.3 is 9.64 Å². The molecule has 7 nitrogen and oxygen atoms in total. The molecule has 2 saturated heterocycles. The highest BCUT2D eigenvalue weighted by Crippen LogP contribution is 2.27. The van der Waals surface area contributed by atoms with Crippen molar-refractivity contribution in [2.24, 2.45) is 5.92 Å². The number of anilines is 1. The van der Waals surface area contributed by atoms with Crippen molar-refractivity contribution in [3.05, 3.63) is 18.1 Å². The molecule has 2 fully saturated rings. The number of rotatable bonds is 3. The van der Waals surface area contributed by atoms with E-state index in [1.165, 1.54) is 25.1 Å². The van der Waals surface area contributed by atoms with Crippen molar-refractivity contribution < 1.29 is 4.74 Å². The Morgan fingerprint density at radius 2 is 2.13 bits per heavy atom. The van der Waals surface area contributed by atoms with Crippen LogP contribution in [0.1, 0.15) is 18.5 Å². The largest absolute Gasteiger partial charge is 0.379 e. The van der Waals surface area contributed by atoms with E-state index >= 15 is 0 Å². The quantitative estimate of drug-likeness (QED) is 0.841. The lowest BCUT2D eigenvalue weighted by molar-refractivity contribution is 0.0296. The van der Waals surface area contributed by atoms with Crippen molar-refractivity contribution in [1.29, 1.82) is 0 Å². The minimum Gasteiger partial charge on any atom is -0.379 e. The Hall–Kier alpha value is -1.73. The molecule has 2 aliphatic rings. The number of aryl methyl sites for hydroxylation is 1. The predicted molar refractivity (Wildman–Crippen MR) is 87.7 cm³/mol. The standard InChI is InChI=1S/C16H24N6O/c1-13-9-15(16-18-17-12-22(16)19-13)21-4-2-3-14(11-21)10-20-5-7-23-8-6-20/h9,12,14H,2-8,10-11H2,1H3. The zero-order valence-electron chi connectivity index (χ0n) is 13.7. The summed E-state index contributed by atoms with van der Waals surface area (Å²) in [4.78, 5) is 5.01. The van der Waals surface area contributed by atoms with Gasteiger partial charge in [-0.1, -0.05) is 0 Å². The van der Waals surface area contributed by atoms with E-state index in [0.29, 0.717) is 5.92 Å². The van der Waals surface area contributed by atoms with Crippen LogP contribution < -0.4 is 4.90 Å². The van der Waals surface area contributed by atoms with Gasteiger partial charge in [0.15, 0.2) is 0 Å². The normalized spacial score (nSPS) is 23.5. The molecule has 0 bridgehead atoms. The smallest absolute Gasteiger partial charge is 0.200 e. The van der Waals surface area contributed by atoms with Crippen molar-refractivity contribution >= 4 is 11.3 Å². The summed E-state index contributed by atoms with van der Waals surface area (Å²) in [5.41, 5.74) is 3.03. The summed E-state index contributed by atoms with van der Waals surface area (Å²) in [6.45, 7) is 9.26. The van der Waals surface area contributed by atoms with Gasteiger partial charge in [-0.2, -0.15) is 9.61 Å². The molecule has 4 heterocycles. The number of piperidine rings is 1. The van der Waals surface area contributed by atoms with Gasteiger partial charge >= 0.3 is 0 Å². The van der Waals surface area contributed by atoms with Gasteiger partial charge in [0, 0.05) is 32.7 Å². The number of morpholine rings is 1. The van der Waals surface area contributed by atoms with E-state index in [9.17, 15) is 0 Å². The molecule has 2 aromatic heterocycles. The molecule has 23 heavy (non-hydrogen) atoms. The summed E-state index contributed by atoms with van der Waals surface area (Å²) < 4.78 is 7.24. The number of hydrogen-bond donors (Lipinski definition) is 0. The second-order valence-corrected chi connectivity index (χ2v) is 6.64. The van der Waals surface area contributed by atoms with Crippen molar-refractivity contribution in [3.8, 4) is 0 Å². The molecule has 0 amide bonds. The van der Waals surface area contributed by atoms with Gasteiger partial charge in [-0.25, -0.2) is 0 Å². The average molecular weight is 316 g/mol. The number of nitrogens with zero attached hydrogens (tertiary/aromatic N) is 6. The molecule has 1 unspecified atom stereocenters. The molecular weight excluding hydrogens is 292 g/mol. The summed E-state index contributed by atoms with van der Waals surface area (Å²) >= 11 is 0. The van der Waals surface area contributed by atoms with Gasteiger partial charge in [0.25, 0.3) is 0 Å². The maximum Gasteiger partial charge on any atom is 0.200 e. The highest BCUT2D eigenvalue weighted by molar-refractivity contribution is 5.68. The Morgan fingerprint density at radius 1 is 1.26 bits per heavy atom. The number of aromatic nitrogens is 4. The van der Waals surface area contributed by atoms with Crippen LogP contribution in [-0.4, -0.2) is 70.6 Å². The van der Waals surface area contributed by atoms with E-state index in [4.69, 9.17) is 4.74 Å². The molecule has 2 aromatic rings. The van der Waals surface area contributed by atoms with Crippen LogP contribution in [-0.2, 0) is 4.74 Å². The second kappa shape index (κ2) is 6.41. The predicted octanol–water partition coefficient (Wildman–Crippen LogP) is 0.981. The fourth-order valence-electron chi connectivity index (χ4n) is 3.75. The summed E-state index contributed by atoms with van der Waals surface area (Å²) in [7, 11) is 0. The first kappa shape index (κ1) is 14.8. The van der Waals surface area contributed by atoms with Gasteiger partial charge in [0.1, 0.15) is 6.33 Å². The molecule has 124 valence electrons. The molecule has 0 aromatic carbocycles. The maximum atomic E-state index is 5.45. The van der Waals surface area contributed by atoms with Crippen LogP contribution in [0.3, 0.4) is 0 Å². The highest BCUT2D eigenvalue weighted by Gasteiger charge is 2.25. The lowest BCUT2D eigenvalue weighted by Gasteiger charge is -2.37. The Labute approximate surface area is 136 Å². The molecule has 0 spiro atoms. The Bertz CT molecular complexity index is 666. The lowest BCUT2D eigenvalue weighted by Crippen LogP contribution is -2.44. The molecule has 0 radical (unpaired) electrons. The monoisotopic (exact) mass is 316 g/mol. The molecule has 2 aliphatic heterocycles. The highest BCUT2D eigenvalue weighted by atomic mass is 16.5. The van der Waals surface area contributed by atoms with Crippen LogP contribution in [0.15, 0.2) is 12.4 Å². The zero-order valence-corrected chi connectivity index (χ0v) is 13.7. The van der Waals surface area contributed by atoms with E-state index in [0.717, 1.165) is 50.7 Å². The van der Waals surface area contributed by atoms with E-state index < -0.39 is 0 Å². The van der Waals surface area contributed by atoms with E-state index in [-0.39, 0.29) is 0 Å². The van der Waals surface area contributed by atoms with Crippen LogP contribution in [0, 0.1) is 12.8 Å². The third-order valence-corrected chi connectivity index (χ3v) is 4.85. The Balaban J connectivity index is 1.50. The molecule has 0 saturated carbocycles. The fourth-order valence-corrected chi connectivity index (χ4v) is 3.75. The zero-order chi connectivity index (χ0) is 15.6. The van der Waals surface area contributed by atoms with Gasteiger partial charge in [-0.05, 0) is 31.7 Å². The van der Waals surface area contributed by atoms with Crippen molar-refractivity contribution in [2.75, 3.05) is 50.8 Å². The fraction of sp³-hybridized carbons (Fsp3) is 0.688. The van der Waals surface area contributed by atoms with Crippen molar-refractivity contribution in [3.63, 3.8) is 0 Å². The first-order valence-electron chi connectivity index (χ1n) is 8.52. The molecule has 1 atom stereocenters. The van der Waals surface area contributed by atoms with Crippen LogP contribution in [0.5, 0.6) is 0 Å². The van der Waals surface area contributed by atoms with Gasteiger partial charge in [0.05, 0.1) is 24.6 Å². The van der Waals surface area contributed by atoms with Gasteiger partial charge in [0.2, 0.25) is 5.65 Å². The van der Waals surface area contributed by atoms with E-state index in [1.807, 2.05) is 6.92 Å².